The number of amides is 1. The molecule has 7 nitrogen and oxygen atoms in total. The fraction of sp³-hybridized carbons (Fsp3) is 0.375. The number of hydrogen-bond donors (Lipinski definition) is 3. The van der Waals surface area contributed by atoms with Crippen molar-refractivity contribution in [3.05, 3.63) is 29.6 Å². The standard InChI is InChI=1S/C16H20N4O3/c1-10-7-8-12(16-17-11(2)19-20-16)9-13(10)18-14(21)5-3-4-6-15(22)23/h7-9H,3-6H2,1-2H3,(H,18,21)(H,22,23)(H,17,19,20). The summed E-state index contributed by atoms with van der Waals surface area (Å²) in [5.74, 6) is 0.349. The maximum absolute atomic E-state index is 12.0. The van der Waals surface area contributed by atoms with E-state index in [4.69, 9.17) is 5.11 Å². The molecule has 7 heteroatoms. The monoisotopic (exact) mass is 316 g/mol. The summed E-state index contributed by atoms with van der Waals surface area (Å²) in [5.41, 5.74) is 2.48. The number of benzene rings is 1. The third-order valence-electron chi connectivity index (χ3n) is 3.41. The Balaban J connectivity index is 1.99. The molecule has 0 aliphatic rings. The number of aliphatic carboxylic acids is 1. The summed E-state index contributed by atoms with van der Waals surface area (Å²) in [7, 11) is 0. The van der Waals surface area contributed by atoms with Gasteiger partial charge in [0.2, 0.25) is 5.91 Å². The highest BCUT2D eigenvalue weighted by Gasteiger charge is 2.09. The minimum Gasteiger partial charge on any atom is -0.481 e. The molecule has 0 aliphatic heterocycles. The van der Waals surface area contributed by atoms with Crippen molar-refractivity contribution in [2.45, 2.75) is 39.5 Å². The average Bonchev–Trinajstić information content (AvgIpc) is 2.92. The first-order valence-electron chi connectivity index (χ1n) is 7.47. The molecule has 1 aromatic heterocycles. The number of aryl methyl sites for hydroxylation is 2. The molecule has 0 saturated heterocycles. The molecule has 0 unspecified atom stereocenters. The van der Waals surface area contributed by atoms with Crippen molar-refractivity contribution in [1.82, 2.24) is 15.2 Å². The van der Waals surface area contributed by atoms with Crippen LogP contribution in [0.1, 0.15) is 37.1 Å². The number of nitrogens with one attached hydrogen (secondary N) is 2. The van der Waals surface area contributed by atoms with E-state index in [2.05, 4.69) is 20.5 Å². The minimum atomic E-state index is -0.837. The number of rotatable bonds is 7. The number of aromatic amines is 1. The van der Waals surface area contributed by atoms with Crippen LogP contribution >= 0.6 is 0 Å². The van der Waals surface area contributed by atoms with Crippen LogP contribution in [0, 0.1) is 13.8 Å². The Bertz CT molecular complexity index is 709. The van der Waals surface area contributed by atoms with E-state index in [9.17, 15) is 9.59 Å². The zero-order valence-electron chi connectivity index (χ0n) is 13.2. The van der Waals surface area contributed by atoms with Crippen LogP contribution in [0.3, 0.4) is 0 Å². The van der Waals surface area contributed by atoms with Gasteiger partial charge in [0.25, 0.3) is 0 Å². The predicted octanol–water partition coefficient (Wildman–Crippen LogP) is 2.67. The van der Waals surface area contributed by atoms with Crippen molar-refractivity contribution in [2.24, 2.45) is 0 Å². The molecule has 0 radical (unpaired) electrons. The van der Waals surface area contributed by atoms with Gasteiger partial charge in [0, 0.05) is 24.1 Å². The first kappa shape index (κ1) is 16.7. The molecular formula is C16H20N4O3. The molecule has 3 N–H and O–H groups in total. The van der Waals surface area contributed by atoms with E-state index >= 15 is 0 Å². The maximum Gasteiger partial charge on any atom is 0.303 e. The van der Waals surface area contributed by atoms with E-state index in [1.165, 1.54) is 0 Å². The van der Waals surface area contributed by atoms with Crippen molar-refractivity contribution in [2.75, 3.05) is 5.32 Å². The lowest BCUT2D eigenvalue weighted by molar-refractivity contribution is -0.137. The van der Waals surface area contributed by atoms with Crippen LogP contribution in [0.5, 0.6) is 0 Å². The molecule has 0 fully saturated rings. The Morgan fingerprint density at radius 2 is 1.96 bits per heavy atom. The van der Waals surface area contributed by atoms with Crippen LogP contribution in [-0.4, -0.2) is 32.2 Å². The largest absolute Gasteiger partial charge is 0.481 e. The number of aromatic nitrogens is 3. The van der Waals surface area contributed by atoms with Crippen LogP contribution in [0.4, 0.5) is 5.69 Å². The predicted molar refractivity (Wildman–Crippen MR) is 86.0 cm³/mol. The molecule has 122 valence electrons. The van der Waals surface area contributed by atoms with Gasteiger partial charge in [0.1, 0.15) is 5.82 Å². The average molecular weight is 316 g/mol. The van der Waals surface area contributed by atoms with E-state index in [1.54, 1.807) is 0 Å². The third kappa shape index (κ3) is 4.91. The number of anilines is 1. The van der Waals surface area contributed by atoms with Crippen molar-refractivity contribution in [1.29, 1.82) is 0 Å². The highest BCUT2D eigenvalue weighted by Crippen LogP contribution is 2.23. The van der Waals surface area contributed by atoms with Gasteiger partial charge >= 0.3 is 5.97 Å². The SMILES string of the molecule is Cc1nc(-c2ccc(C)c(NC(=O)CCCCC(=O)O)c2)n[nH]1. The van der Waals surface area contributed by atoms with Crippen LogP contribution < -0.4 is 5.32 Å². The molecule has 1 aromatic carbocycles. The molecule has 0 aliphatic carbocycles. The number of nitrogens with zero attached hydrogens (tertiary/aromatic N) is 2. The lowest BCUT2D eigenvalue weighted by Gasteiger charge is -2.09. The fourth-order valence-corrected chi connectivity index (χ4v) is 2.14. The number of hydrogen-bond acceptors (Lipinski definition) is 4. The van der Waals surface area contributed by atoms with Crippen LogP contribution in [0.25, 0.3) is 11.4 Å². The van der Waals surface area contributed by atoms with Gasteiger partial charge in [-0.25, -0.2) is 4.98 Å². The van der Waals surface area contributed by atoms with Gasteiger partial charge < -0.3 is 10.4 Å². The number of carbonyl (C=O) groups is 2. The molecule has 2 rings (SSSR count). The zero-order chi connectivity index (χ0) is 16.8. The normalized spacial score (nSPS) is 10.5. The second-order valence-electron chi connectivity index (χ2n) is 5.42. The summed E-state index contributed by atoms with van der Waals surface area (Å²) in [6, 6.07) is 5.65. The Labute approximate surface area is 134 Å². The number of carboxylic acid groups (broad SMARTS) is 1. The van der Waals surface area contributed by atoms with Gasteiger partial charge in [-0.1, -0.05) is 12.1 Å². The van der Waals surface area contributed by atoms with Gasteiger partial charge in [-0.15, -0.1) is 0 Å². The van der Waals surface area contributed by atoms with Gasteiger partial charge in [0.15, 0.2) is 5.82 Å². The maximum atomic E-state index is 12.0. The summed E-state index contributed by atoms with van der Waals surface area (Å²) < 4.78 is 0. The topological polar surface area (TPSA) is 108 Å². The first-order chi connectivity index (χ1) is 11.0. The third-order valence-corrected chi connectivity index (χ3v) is 3.41. The van der Waals surface area contributed by atoms with Crippen LogP contribution in [0.2, 0.25) is 0 Å². The summed E-state index contributed by atoms with van der Waals surface area (Å²) in [4.78, 5) is 26.7. The smallest absolute Gasteiger partial charge is 0.303 e. The van der Waals surface area contributed by atoms with Gasteiger partial charge in [-0.3, -0.25) is 14.7 Å². The Hall–Kier alpha value is -2.70. The van der Waals surface area contributed by atoms with Crippen molar-refractivity contribution < 1.29 is 14.7 Å². The zero-order valence-corrected chi connectivity index (χ0v) is 13.2. The van der Waals surface area contributed by atoms with Crippen molar-refractivity contribution in [3.63, 3.8) is 0 Å². The molecular weight excluding hydrogens is 296 g/mol. The lowest BCUT2D eigenvalue weighted by atomic mass is 10.1. The summed E-state index contributed by atoms with van der Waals surface area (Å²) in [6.45, 7) is 3.73. The molecule has 2 aromatic rings. The van der Waals surface area contributed by atoms with E-state index < -0.39 is 5.97 Å². The van der Waals surface area contributed by atoms with E-state index in [0.29, 0.717) is 30.8 Å². The molecule has 0 spiro atoms. The number of H-pyrrole nitrogens is 1. The quantitative estimate of drug-likeness (QED) is 0.681. The van der Waals surface area contributed by atoms with E-state index in [1.807, 2.05) is 32.0 Å². The highest BCUT2D eigenvalue weighted by molar-refractivity contribution is 5.92. The second kappa shape index (κ2) is 7.53. The number of carboxylic acids is 1. The number of unbranched alkanes of at least 4 members (excludes halogenated alkanes) is 1. The van der Waals surface area contributed by atoms with E-state index in [0.717, 1.165) is 17.0 Å². The first-order valence-corrected chi connectivity index (χ1v) is 7.47. The lowest BCUT2D eigenvalue weighted by Crippen LogP contribution is -2.12. The van der Waals surface area contributed by atoms with Gasteiger partial charge in [0.05, 0.1) is 0 Å². The van der Waals surface area contributed by atoms with Crippen molar-refractivity contribution in [3.8, 4) is 11.4 Å². The Morgan fingerprint density at radius 1 is 1.22 bits per heavy atom. The molecule has 1 heterocycles. The highest BCUT2D eigenvalue weighted by atomic mass is 16.4. The van der Waals surface area contributed by atoms with Crippen molar-refractivity contribution >= 4 is 17.6 Å². The van der Waals surface area contributed by atoms with Crippen LogP contribution in [-0.2, 0) is 9.59 Å². The Morgan fingerprint density at radius 3 is 2.61 bits per heavy atom. The van der Waals surface area contributed by atoms with E-state index in [-0.39, 0.29) is 12.3 Å². The molecule has 0 atom stereocenters. The molecule has 1 amide bonds. The number of carbonyl (C=O) groups excluding carboxylic acids is 1. The molecule has 0 bridgehead atoms. The Kier molecular flexibility index (Phi) is 5.46. The summed E-state index contributed by atoms with van der Waals surface area (Å²) in [5, 5.41) is 18.3. The van der Waals surface area contributed by atoms with Crippen LogP contribution in [0.15, 0.2) is 18.2 Å². The summed E-state index contributed by atoms with van der Waals surface area (Å²) >= 11 is 0. The molecule has 0 saturated carbocycles. The molecule has 23 heavy (non-hydrogen) atoms. The second-order valence-corrected chi connectivity index (χ2v) is 5.42. The van der Waals surface area contributed by atoms with Gasteiger partial charge in [-0.2, -0.15) is 5.10 Å². The fourth-order valence-electron chi connectivity index (χ4n) is 2.14. The van der Waals surface area contributed by atoms with Gasteiger partial charge in [-0.05, 0) is 38.3 Å². The minimum absolute atomic E-state index is 0.0893. The summed E-state index contributed by atoms with van der Waals surface area (Å²) in [6.07, 6.45) is 1.44.